The monoisotopic (exact) mass is 230 g/mol. The summed E-state index contributed by atoms with van der Waals surface area (Å²) in [6.45, 7) is 0. The molecule has 1 heterocycles. The van der Waals surface area contributed by atoms with E-state index in [4.69, 9.17) is 5.84 Å². The highest BCUT2D eigenvalue weighted by molar-refractivity contribution is 5.81. The summed E-state index contributed by atoms with van der Waals surface area (Å²) in [5.74, 6) is 6.36. The van der Waals surface area contributed by atoms with Crippen molar-refractivity contribution < 1.29 is 0 Å². The molecule has 1 unspecified atom stereocenters. The Kier molecular flexibility index (Phi) is 2.61. The predicted octanol–water partition coefficient (Wildman–Crippen LogP) is 1.36. The van der Waals surface area contributed by atoms with Crippen molar-refractivity contribution >= 4 is 10.9 Å². The van der Waals surface area contributed by atoms with Gasteiger partial charge in [-0.1, -0.05) is 18.2 Å². The van der Waals surface area contributed by atoms with Crippen molar-refractivity contribution in [3.8, 4) is 0 Å². The number of hydrogen-bond acceptors (Lipinski definition) is 3. The van der Waals surface area contributed by atoms with E-state index in [9.17, 15) is 0 Å². The minimum absolute atomic E-state index is 0.369. The first kappa shape index (κ1) is 10.7. The van der Waals surface area contributed by atoms with Crippen molar-refractivity contribution in [2.45, 2.75) is 25.3 Å². The highest BCUT2D eigenvalue weighted by Crippen LogP contribution is 2.34. The van der Waals surface area contributed by atoms with Crippen molar-refractivity contribution in [3.05, 3.63) is 30.0 Å². The number of hydrazine groups is 1. The third-order valence-corrected chi connectivity index (χ3v) is 3.65. The van der Waals surface area contributed by atoms with Crippen molar-refractivity contribution in [2.24, 2.45) is 18.8 Å². The summed E-state index contributed by atoms with van der Waals surface area (Å²) < 4.78 is 1.95. The molecule has 1 fully saturated rings. The zero-order valence-electron chi connectivity index (χ0n) is 10.1. The van der Waals surface area contributed by atoms with E-state index in [1.807, 2.05) is 17.8 Å². The fourth-order valence-electron chi connectivity index (χ4n) is 2.51. The van der Waals surface area contributed by atoms with Gasteiger partial charge in [0.25, 0.3) is 0 Å². The maximum absolute atomic E-state index is 5.63. The molecule has 2 aromatic rings. The molecule has 0 amide bonds. The Hall–Kier alpha value is -1.39. The molecule has 0 radical (unpaired) electrons. The number of para-hydroxylation sites is 1. The summed E-state index contributed by atoms with van der Waals surface area (Å²) in [5.41, 5.74) is 5.28. The normalized spacial score (nSPS) is 17.5. The van der Waals surface area contributed by atoms with E-state index in [2.05, 4.69) is 28.7 Å². The lowest BCUT2D eigenvalue weighted by Crippen LogP contribution is -2.38. The first-order valence-electron chi connectivity index (χ1n) is 6.16. The van der Waals surface area contributed by atoms with Crippen LogP contribution in [0.4, 0.5) is 0 Å². The largest absolute Gasteiger partial charge is 0.271 e. The third kappa shape index (κ3) is 1.94. The van der Waals surface area contributed by atoms with Crippen molar-refractivity contribution in [3.63, 3.8) is 0 Å². The predicted molar refractivity (Wildman–Crippen MR) is 68.3 cm³/mol. The third-order valence-electron chi connectivity index (χ3n) is 3.65. The minimum Gasteiger partial charge on any atom is -0.271 e. The fourth-order valence-corrected chi connectivity index (χ4v) is 2.51. The second-order valence-electron chi connectivity index (χ2n) is 4.90. The number of fused-ring (bicyclic) bond motifs is 1. The standard InChI is InChI=1S/C13H18N4/c1-17-13-5-3-2-4-10(13)12(16-17)8-11(15-14)9-6-7-9/h2-5,9,11,15H,6-8,14H2,1H3. The van der Waals surface area contributed by atoms with Crippen LogP contribution in [0.5, 0.6) is 0 Å². The van der Waals surface area contributed by atoms with Crippen LogP contribution in [-0.4, -0.2) is 15.8 Å². The maximum atomic E-state index is 5.63. The molecule has 90 valence electrons. The van der Waals surface area contributed by atoms with E-state index in [-0.39, 0.29) is 0 Å². The first-order valence-corrected chi connectivity index (χ1v) is 6.16. The molecule has 1 saturated carbocycles. The number of aromatic nitrogens is 2. The number of aryl methyl sites for hydroxylation is 1. The molecule has 1 aromatic heterocycles. The molecule has 4 nitrogen and oxygen atoms in total. The van der Waals surface area contributed by atoms with Gasteiger partial charge in [-0.05, 0) is 24.8 Å². The fraction of sp³-hybridized carbons (Fsp3) is 0.462. The van der Waals surface area contributed by atoms with Gasteiger partial charge in [-0.15, -0.1) is 0 Å². The SMILES string of the molecule is Cn1nc(CC(NN)C2CC2)c2ccccc21. The number of nitrogens with zero attached hydrogens (tertiary/aromatic N) is 2. The molecule has 3 rings (SSSR count). The van der Waals surface area contributed by atoms with Gasteiger partial charge in [-0.25, -0.2) is 0 Å². The number of nitrogens with one attached hydrogen (secondary N) is 1. The molecule has 1 aliphatic rings. The number of rotatable bonds is 4. The van der Waals surface area contributed by atoms with E-state index >= 15 is 0 Å². The lowest BCUT2D eigenvalue weighted by molar-refractivity contribution is 0.467. The molecule has 4 heteroatoms. The van der Waals surface area contributed by atoms with Gasteiger partial charge < -0.3 is 0 Å². The highest BCUT2D eigenvalue weighted by atomic mass is 15.3. The Morgan fingerprint density at radius 2 is 2.24 bits per heavy atom. The summed E-state index contributed by atoms with van der Waals surface area (Å²) in [7, 11) is 1.99. The van der Waals surface area contributed by atoms with Crippen molar-refractivity contribution in [2.75, 3.05) is 0 Å². The molecular formula is C13H18N4. The second-order valence-corrected chi connectivity index (χ2v) is 4.90. The molecule has 1 aliphatic carbocycles. The van der Waals surface area contributed by atoms with Crippen LogP contribution in [0.25, 0.3) is 10.9 Å². The van der Waals surface area contributed by atoms with E-state index in [0.717, 1.165) is 18.0 Å². The number of benzene rings is 1. The van der Waals surface area contributed by atoms with Gasteiger partial charge in [-0.3, -0.25) is 16.0 Å². The van der Waals surface area contributed by atoms with E-state index in [0.29, 0.717) is 6.04 Å². The van der Waals surface area contributed by atoms with Crippen LogP contribution in [0.15, 0.2) is 24.3 Å². The lowest BCUT2D eigenvalue weighted by Gasteiger charge is -2.13. The van der Waals surface area contributed by atoms with E-state index in [1.54, 1.807) is 0 Å². The van der Waals surface area contributed by atoms with E-state index in [1.165, 1.54) is 23.7 Å². The van der Waals surface area contributed by atoms with Crippen LogP contribution < -0.4 is 11.3 Å². The summed E-state index contributed by atoms with van der Waals surface area (Å²) in [6, 6.07) is 8.72. The molecule has 0 aliphatic heterocycles. The van der Waals surface area contributed by atoms with Crippen molar-refractivity contribution in [1.29, 1.82) is 0 Å². The smallest absolute Gasteiger partial charge is 0.0719 e. The topological polar surface area (TPSA) is 55.9 Å². The zero-order valence-corrected chi connectivity index (χ0v) is 10.1. The zero-order chi connectivity index (χ0) is 11.8. The van der Waals surface area contributed by atoms with E-state index < -0.39 is 0 Å². The summed E-state index contributed by atoms with van der Waals surface area (Å²) in [5, 5.41) is 5.86. The van der Waals surface area contributed by atoms with Crippen LogP contribution in [0.2, 0.25) is 0 Å². The maximum Gasteiger partial charge on any atom is 0.0719 e. The van der Waals surface area contributed by atoms with Crippen LogP contribution in [0, 0.1) is 5.92 Å². The second kappa shape index (κ2) is 4.13. The average molecular weight is 230 g/mol. The molecule has 0 spiro atoms. The Labute approximate surface area is 101 Å². The van der Waals surface area contributed by atoms with Crippen LogP contribution >= 0.6 is 0 Å². The van der Waals surface area contributed by atoms with Gasteiger partial charge in [0, 0.05) is 24.9 Å². The van der Waals surface area contributed by atoms with Crippen molar-refractivity contribution in [1.82, 2.24) is 15.2 Å². The Morgan fingerprint density at radius 1 is 1.47 bits per heavy atom. The summed E-state index contributed by atoms with van der Waals surface area (Å²) in [6.07, 6.45) is 3.50. The van der Waals surface area contributed by atoms with Crippen LogP contribution in [0.1, 0.15) is 18.5 Å². The molecule has 1 aromatic carbocycles. The summed E-state index contributed by atoms with van der Waals surface area (Å²) >= 11 is 0. The highest BCUT2D eigenvalue weighted by Gasteiger charge is 2.31. The van der Waals surface area contributed by atoms with Gasteiger partial charge in [0.2, 0.25) is 0 Å². The summed E-state index contributed by atoms with van der Waals surface area (Å²) in [4.78, 5) is 0. The molecule has 0 bridgehead atoms. The quantitative estimate of drug-likeness (QED) is 0.616. The average Bonchev–Trinajstić information content (AvgIpc) is 3.14. The lowest BCUT2D eigenvalue weighted by atomic mass is 10.0. The molecular weight excluding hydrogens is 212 g/mol. The van der Waals surface area contributed by atoms with Gasteiger partial charge >= 0.3 is 0 Å². The van der Waals surface area contributed by atoms with Gasteiger partial charge in [0.05, 0.1) is 11.2 Å². The van der Waals surface area contributed by atoms with Crippen LogP contribution in [-0.2, 0) is 13.5 Å². The molecule has 17 heavy (non-hydrogen) atoms. The Balaban J connectivity index is 1.94. The van der Waals surface area contributed by atoms with Gasteiger partial charge in [0.15, 0.2) is 0 Å². The molecule has 0 saturated heterocycles. The first-order chi connectivity index (χ1) is 8.29. The number of nitrogens with two attached hydrogens (primary N) is 1. The Bertz CT molecular complexity index is 527. The molecule has 3 N–H and O–H groups in total. The van der Waals surface area contributed by atoms with Crippen LogP contribution in [0.3, 0.4) is 0 Å². The minimum atomic E-state index is 0.369. The Morgan fingerprint density at radius 3 is 2.94 bits per heavy atom. The van der Waals surface area contributed by atoms with Gasteiger partial charge in [0.1, 0.15) is 0 Å². The number of hydrogen-bond donors (Lipinski definition) is 2. The van der Waals surface area contributed by atoms with Gasteiger partial charge in [-0.2, -0.15) is 5.10 Å². The molecule has 1 atom stereocenters.